The summed E-state index contributed by atoms with van der Waals surface area (Å²) in [6.07, 6.45) is 0.449. The molecule has 20 heavy (non-hydrogen) atoms. The van der Waals surface area contributed by atoms with Gasteiger partial charge in [-0.1, -0.05) is 11.6 Å². The molecule has 0 saturated carbocycles. The number of amides is 1. The van der Waals surface area contributed by atoms with Gasteiger partial charge in [0.15, 0.2) is 0 Å². The number of hydrogen-bond donors (Lipinski definition) is 1. The van der Waals surface area contributed by atoms with E-state index in [9.17, 15) is 4.79 Å². The lowest BCUT2D eigenvalue weighted by atomic mass is 10.1. The number of nitriles is 1. The van der Waals surface area contributed by atoms with Crippen molar-refractivity contribution in [3.05, 3.63) is 28.8 Å². The summed E-state index contributed by atoms with van der Waals surface area (Å²) in [5.74, 6) is 0.141. The summed E-state index contributed by atoms with van der Waals surface area (Å²) < 4.78 is 0. The third kappa shape index (κ3) is 3.05. The predicted molar refractivity (Wildman–Crippen MR) is 79.7 cm³/mol. The van der Waals surface area contributed by atoms with Crippen molar-refractivity contribution >= 4 is 23.2 Å². The second-order valence-electron chi connectivity index (χ2n) is 6.02. The lowest BCUT2D eigenvalue weighted by molar-refractivity contribution is -0.131. The third-order valence-electron chi connectivity index (χ3n) is 3.40. The molecule has 1 saturated heterocycles. The highest BCUT2D eigenvalue weighted by Gasteiger charge is 2.36. The number of anilines is 1. The minimum absolute atomic E-state index is 0.0231. The monoisotopic (exact) mass is 291 g/mol. The van der Waals surface area contributed by atoms with Gasteiger partial charge < -0.3 is 10.2 Å². The van der Waals surface area contributed by atoms with Crippen LogP contribution in [0.15, 0.2) is 18.2 Å². The molecule has 1 aromatic carbocycles. The molecule has 0 aromatic heterocycles. The molecule has 2 rings (SSSR count). The second-order valence-corrected chi connectivity index (χ2v) is 6.46. The maximum Gasteiger partial charge on any atom is 0.225 e. The number of rotatable bonds is 2. The highest BCUT2D eigenvalue weighted by atomic mass is 35.5. The summed E-state index contributed by atoms with van der Waals surface area (Å²) in [6, 6.07) is 7.29. The number of nitrogens with zero attached hydrogens (tertiary/aromatic N) is 2. The van der Waals surface area contributed by atoms with E-state index in [1.165, 1.54) is 0 Å². The van der Waals surface area contributed by atoms with E-state index < -0.39 is 0 Å². The number of hydrogen-bond acceptors (Lipinski definition) is 3. The van der Waals surface area contributed by atoms with Gasteiger partial charge in [0.25, 0.3) is 0 Å². The zero-order valence-corrected chi connectivity index (χ0v) is 12.7. The molecular formula is C15H18ClN3O. The molecule has 1 aliphatic rings. The number of nitrogens with one attached hydrogen (secondary N) is 1. The molecule has 1 atom stereocenters. The van der Waals surface area contributed by atoms with E-state index in [1.54, 1.807) is 18.2 Å². The van der Waals surface area contributed by atoms with Crippen molar-refractivity contribution in [2.45, 2.75) is 38.8 Å². The maximum absolute atomic E-state index is 12.0. The van der Waals surface area contributed by atoms with Gasteiger partial charge in [-0.05, 0) is 39.0 Å². The van der Waals surface area contributed by atoms with E-state index in [0.717, 1.165) is 5.69 Å². The van der Waals surface area contributed by atoms with Crippen molar-refractivity contribution in [1.29, 1.82) is 5.26 Å². The molecule has 0 spiro atoms. The van der Waals surface area contributed by atoms with Gasteiger partial charge in [0.1, 0.15) is 6.07 Å². The first kappa shape index (κ1) is 14.7. The Balaban J connectivity index is 2.13. The molecule has 4 nitrogen and oxygen atoms in total. The van der Waals surface area contributed by atoms with Gasteiger partial charge in [0, 0.05) is 23.5 Å². The van der Waals surface area contributed by atoms with E-state index in [0.29, 0.717) is 23.6 Å². The highest BCUT2D eigenvalue weighted by Crippen LogP contribution is 2.26. The molecule has 1 amide bonds. The molecule has 0 bridgehead atoms. The van der Waals surface area contributed by atoms with Gasteiger partial charge in [0.05, 0.1) is 17.3 Å². The average Bonchev–Trinajstić information content (AvgIpc) is 2.72. The summed E-state index contributed by atoms with van der Waals surface area (Å²) in [4.78, 5) is 13.9. The fraction of sp³-hybridized carbons (Fsp3) is 0.467. The van der Waals surface area contributed by atoms with Crippen molar-refractivity contribution < 1.29 is 4.79 Å². The van der Waals surface area contributed by atoms with Crippen LogP contribution < -0.4 is 5.32 Å². The molecular weight excluding hydrogens is 274 g/mol. The van der Waals surface area contributed by atoms with Gasteiger partial charge in [-0.15, -0.1) is 0 Å². The molecule has 1 fully saturated rings. The Morgan fingerprint density at radius 3 is 2.70 bits per heavy atom. The summed E-state index contributed by atoms with van der Waals surface area (Å²) in [5.41, 5.74) is 1.05. The third-order valence-corrected chi connectivity index (χ3v) is 3.63. The molecule has 5 heteroatoms. The largest absolute Gasteiger partial charge is 0.379 e. The van der Waals surface area contributed by atoms with Crippen molar-refractivity contribution in [2.75, 3.05) is 11.9 Å². The normalized spacial score (nSPS) is 19.1. The Kier molecular flexibility index (Phi) is 3.92. The van der Waals surface area contributed by atoms with Gasteiger partial charge in [-0.25, -0.2) is 0 Å². The lowest BCUT2D eigenvalue weighted by Gasteiger charge is -2.32. The first-order valence-electron chi connectivity index (χ1n) is 6.58. The van der Waals surface area contributed by atoms with E-state index in [4.69, 9.17) is 16.9 Å². The maximum atomic E-state index is 12.0. The number of halogens is 1. The number of carbonyl (C=O) groups is 1. The summed E-state index contributed by atoms with van der Waals surface area (Å²) >= 11 is 5.88. The molecule has 1 heterocycles. The van der Waals surface area contributed by atoms with Gasteiger partial charge in [-0.3, -0.25) is 4.79 Å². The van der Waals surface area contributed by atoms with Crippen LogP contribution >= 0.6 is 11.6 Å². The van der Waals surface area contributed by atoms with Crippen molar-refractivity contribution in [2.24, 2.45) is 0 Å². The van der Waals surface area contributed by atoms with Crippen LogP contribution in [0.2, 0.25) is 5.02 Å². The van der Waals surface area contributed by atoms with E-state index in [1.807, 2.05) is 25.7 Å². The average molecular weight is 292 g/mol. The molecule has 1 unspecified atom stereocenters. The van der Waals surface area contributed by atoms with Gasteiger partial charge in [0.2, 0.25) is 5.91 Å². The van der Waals surface area contributed by atoms with Crippen molar-refractivity contribution in [3.63, 3.8) is 0 Å². The molecule has 1 N–H and O–H groups in total. The topological polar surface area (TPSA) is 56.1 Å². The minimum atomic E-state index is -0.175. The molecule has 1 aromatic rings. The molecule has 106 valence electrons. The van der Waals surface area contributed by atoms with Gasteiger partial charge >= 0.3 is 0 Å². The fourth-order valence-electron chi connectivity index (χ4n) is 2.41. The zero-order chi connectivity index (χ0) is 14.9. The van der Waals surface area contributed by atoms with Crippen LogP contribution in [-0.4, -0.2) is 28.9 Å². The number of benzene rings is 1. The Morgan fingerprint density at radius 2 is 2.15 bits per heavy atom. The van der Waals surface area contributed by atoms with Gasteiger partial charge in [-0.2, -0.15) is 5.26 Å². The zero-order valence-electron chi connectivity index (χ0n) is 11.9. The first-order chi connectivity index (χ1) is 9.31. The van der Waals surface area contributed by atoms with Crippen LogP contribution in [0, 0.1) is 11.3 Å². The van der Waals surface area contributed by atoms with Crippen LogP contribution in [0.4, 0.5) is 5.69 Å². The summed E-state index contributed by atoms with van der Waals surface area (Å²) in [5, 5.41) is 12.9. The van der Waals surface area contributed by atoms with Crippen LogP contribution in [0.3, 0.4) is 0 Å². The Morgan fingerprint density at radius 1 is 1.45 bits per heavy atom. The Labute approximate surface area is 124 Å². The number of likely N-dealkylation sites (tertiary alicyclic amines) is 1. The van der Waals surface area contributed by atoms with E-state index >= 15 is 0 Å². The van der Waals surface area contributed by atoms with Crippen molar-refractivity contribution in [1.82, 2.24) is 4.90 Å². The van der Waals surface area contributed by atoms with Crippen LogP contribution in [-0.2, 0) is 4.79 Å². The SMILES string of the molecule is CC(C)(C)N1CC(Nc2ccc(Cl)cc2C#N)CC1=O. The lowest BCUT2D eigenvalue weighted by Crippen LogP contribution is -2.43. The summed E-state index contributed by atoms with van der Waals surface area (Å²) in [6.45, 7) is 6.72. The smallest absolute Gasteiger partial charge is 0.225 e. The molecule has 1 aliphatic heterocycles. The Bertz CT molecular complexity index is 571. The predicted octanol–water partition coefficient (Wildman–Crippen LogP) is 3.02. The van der Waals surface area contributed by atoms with E-state index in [2.05, 4.69) is 11.4 Å². The summed E-state index contributed by atoms with van der Waals surface area (Å²) in [7, 11) is 0. The second kappa shape index (κ2) is 5.34. The first-order valence-corrected chi connectivity index (χ1v) is 6.95. The molecule has 0 aliphatic carbocycles. The Hall–Kier alpha value is -1.73. The van der Waals surface area contributed by atoms with Crippen LogP contribution in [0.25, 0.3) is 0 Å². The standard InChI is InChI=1S/C15H18ClN3O/c1-15(2,3)19-9-12(7-14(19)20)18-13-5-4-11(16)6-10(13)8-17/h4-6,12,18H,7,9H2,1-3H3. The number of carbonyl (C=O) groups excluding carboxylic acids is 1. The van der Waals surface area contributed by atoms with Crippen LogP contribution in [0.5, 0.6) is 0 Å². The molecule has 0 radical (unpaired) electrons. The van der Waals surface area contributed by atoms with E-state index in [-0.39, 0.29) is 17.5 Å². The van der Waals surface area contributed by atoms with Crippen molar-refractivity contribution in [3.8, 4) is 6.07 Å². The quantitative estimate of drug-likeness (QED) is 0.911. The fourth-order valence-corrected chi connectivity index (χ4v) is 2.58. The minimum Gasteiger partial charge on any atom is -0.379 e. The van der Waals surface area contributed by atoms with Crippen LogP contribution in [0.1, 0.15) is 32.8 Å². The highest BCUT2D eigenvalue weighted by molar-refractivity contribution is 6.30.